The number of carbonyl (C=O) groups is 1. The SMILES string of the molecule is CN1c2ccccc2C(C)(C)C12C=Nc1c(ccc3ccc(OC(=O)c4ccc5c(c4)OCCOCCOCCOCCOCCO5)cc13)O2. The molecule has 3 aliphatic rings. The zero-order valence-electron chi connectivity index (χ0n) is 28.6. The summed E-state index contributed by atoms with van der Waals surface area (Å²) in [5.41, 5.74) is 2.14. The molecule has 3 aliphatic heterocycles. The predicted octanol–water partition coefficient (Wildman–Crippen LogP) is 6.12. The molecule has 7 rings (SSSR count). The number of hydrogen-bond donors (Lipinski definition) is 0. The number of anilines is 1. The van der Waals surface area contributed by atoms with Crippen molar-refractivity contribution < 1.29 is 42.7 Å². The maximum atomic E-state index is 13.5. The van der Waals surface area contributed by atoms with Gasteiger partial charge < -0.3 is 42.8 Å². The maximum absolute atomic E-state index is 13.5. The molecule has 11 nitrogen and oxygen atoms in total. The standard InChI is InChI=1S/C39H42N2O9/c1-38(2)31-6-4-5-7-32(31)41(3)39(38)26-40-36-30-25-29(11-8-27(30)9-13-34(36)50-39)49-37(42)28-10-12-33-35(24-28)48-23-21-46-19-17-44-15-14-43-16-18-45-20-22-47-33/h4-13,24-26H,14-23H2,1-3H3. The van der Waals surface area contributed by atoms with Crippen molar-refractivity contribution in [2.75, 3.05) is 78.0 Å². The zero-order chi connectivity index (χ0) is 34.6. The molecule has 1 atom stereocenters. The van der Waals surface area contributed by atoms with Gasteiger partial charge in [0.05, 0.1) is 70.0 Å². The van der Waals surface area contributed by atoms with Crippen molar-refractivity contribution >= 4 is 34.3 Å². The Kier molecular flexibility index (Phi) is 9.91. The van der Waals surface area contributed by atoms with Crippen LogP contribution in [0.1, 0.15) is 29.8 Å². The molecular formula is C39H42N2O9. The van der Waals surface area contributed by atoms with Crippen LogP contribution < -0.4 is 23.8 Å². The summed E-state index contributed by atoms with van der Waals surface area (Å²) in [6.07, 6.45) is 1.90. The van der Waals surface area contributed by atoms with E-state index < -0.39 is 11.7 Å². The molecule has 4 aromatic rings. The Morgan fingerprint density at radius 2 is 1.34 bits per heavy atom. The first-order valence-corrected chi connectivity index (χ1v) is 16.9. The van der Waals surface area contributed by atoms with Gasteiger partial charge in [-0.05, 0) is 67.3 Å². The third-order valence-corrected chi connectivity index (χ3v) is 9.37. The third kappa shape index (κ3) is 6.61. The molecule has 0 saturated carbocycles. The lowest BCUT2D eigenvalue weighted by atomic mass is 9.77. The summed E-state index contributed by atoms with van der Waals surface area (Å²) in [6.45, 7) is 8.42. The van der Waals surface area contributed by atoms with Crippen molar-refractivity contribution in [1.82, 2.24) is 0 Å². The molecule has 0 N–H and O–H groups in total. The van der Waals surface area contributed by atoms with Gasteiger partial charge in [0, 0.05) is 18.1 Å². The zero-order valence-corrected chi connectivity index (χ0v) is 28.6. The van der Waals surface area contributed by atoms with E-state index in [2.05, 4.69) is 36.9 Å². The minimum atomic E-state index is -0.799. The van der Waals surface area contributed by atoms with Crippen LogP contribution in [0.15, 0.2) is 77.8 Å². The number of likely N-dealkylation sites (N-methyl/N-ethyl adjacent to an activating group) is 1. The van der Waals surface area contributed by atoms with Crippen LogP contribution in [0, 0.1) is 0 Å². The number of ether oxygens (including phenoxy) is 8. The quantitative estimate of drug-likeness (QED) is 0.182. The van der Waals surface area contributed by atoms with Crippen LogP contribution in [0.3, 0.4) is 0 Å². The van der Waals surface area contributed by atoms with Gasteiger partial charge in [-0.15, -0.1) is 0 Å². The molecule has 3 heterocycles. The Bertz CT molecular complexity index is 1880. The molecule has 1 spiro atoms. The van der Waals surface area contributed by atoms with Crippen LogP contribution in [0.4, 0.5) is 11.4 Å². The van der Waals surface area contributed by atoms with E-state index in [1.54, 1.807) is 24.3 Å². The van der Waals surface area contributed by atoms with E-state index in [9.17, 15) is 4.79 Å². The highest BCUT2D eigenvalue weighted by Crippen LogP contribution is 2.54. The molecular weight excluding hydrogens is 640 g/mol. The molecule has 0 aromatic heterocycles. The van der Waals surface area contributed by atoms with Crippen molar-refractivity contribution in [2.24, 2.45) is 4.99 Å². The molecule has 1 unspecified atom stereocenters. The second kappa shape index (κ2) is 14.7. The van der Waals surface area contributed by atoms with Crippen LogP contribution in [0.2, 0.25) is 0 Å². The molecule has 0 aliphatic carbocycles. The molecule has 11 heteroatoms. The fourth-order valence-corrected chi connectivity index (χ4v) is 6.63. The van der Waals surface area contributed by atoms with E-state index in [1.165, 1.54) is 5.56 Å². The van der Waals surface area contributed by atoms with Crippen molar-refractivity contribution in [1.29, 1.82) is 0 Å². The van der Waals surface area contributed by atoms with E-state index in [4.69, 9.17) is 42.9 Å². The topological polar surface area (TPSA) is 107 Å². The fraction of sp³-hybridized carbons (Fsp3) is 0.385. The summed E-state index contributed by atoms with van der Waals surface area (Å²) < 4.78 is 46.8. The van der Waals surface area contributed by atoms with Gasteiger partial charge >= 0.3 is 5.97 Å². The molecule has 0 radical (unpaired) electrons. The number of carbonyl (C=O) groups excluding carboxylic acids is 1. The normalized spacial score (nSPS) is 21.1. The van der Waals surface area contributed by atoms with Gasteiger partial charge in [0.15, 0.2) is 11.5 Å². The smallest absolute Gasteiger partial charge is 0.343 e. The van der Waals surface area contributed by atoms with Gasteiger partial charge in [-0.2, -0.15) is 0 Å². The Morgan fingerprint density at radius 3 is 2.04 bits per heavy atom. The van der Waals surface area contributed by atoms with Gasteiger partial charge in [0.1, 0.15) is 30.4 Å². The fourth-order valence-electron chi connectivity index (χ4n) is 6.63. The third-order valence-electron chi connectivity index (χ3n) is 9.37. The van der Waals surface area contributed by atoms with Crippen LogP contribution in [0.5, 0.6) is 23.0 Å². The van der Waals surface area contributed by atoms with Crippen LogP contribution in [-0.4, -0.2) is 91.0 Å². The number of hydrogen-bond acceptors (Lipinski definition) is 11. The number of benzene rings is 4. The van der Waals surface area contributed by atoms with Gasteiger partial charge in [-0.1, -0.05) is 30.3 Å². The van der Waals surface area contributed by atoms with Crippen molar-refractivity contribution in [3.05, 3.63) is 83.9 Å². The van der Waals surface area contributed by atoms with Gasteiger partial charge in [-0.3, -0.25) is 4.99 Å². The molecule has 262 valence electrons. The average molecular weight is 683 g/mol. The lowest BCUT2D eigenvalue weighted by molar-refractivity contribution is -0.00842. The van der Waals surface area contributed by atoms with E-state index in [-0.39, 0.29) is 12.0 Å². The molecule has 0 saturated heterocycles. The van der Waals surface area contributed by atoms with Crippen molar-refractivity contribution in [3.63, 3.8) is 0 Å². The first-order valence-electron chi connectivity index (χ1n) is 16.9. The van der Waals surface area contributed by atoms with Crippen molar-refractivity contribution in [3.8, 4) is 23.0 Å². The first kappa shape index (κ1) is 33.8. The monoisotopic (exact) mass is 682 g/mol. The number of nitrogens with zero attached hydrogens (tertiary/aromatic N) is 2. The average Bonchev–Trinajstić information content (AvgIpc) is 3.28. The molecule has 0 bridgehead atoms. The minimum Gasteiger partial charge on any atom is -0.487 e. The maximum Gasteiger partial charge on any atom is 0.343 e. The number of rotatable bonds is 2. The Labute approximate surface area is 291 Å². The predicted molar refractivity (Wildman–Crippen MR) is 189 cm³/mol. The summed E-state index contributed by atoms with van der Waals surface area (Å²) in [4.78, 5) is 20.6. The summed E-state index contributed by atoms with van der Waals surface area (Å²) in [5, 5.41) is 1.76. The second-order valence-electron chi connectivity index (χ2n) is 12.8. The lowest BCUT2D eigenvalue weighted by Crippen LogP contribution is -2.61. The van der Waals surface area contributed by atoms with Gasteiger partial charge in [-0.25, -0.2) is 4.79 Å². The number of esters is 1. The summed E-state index contributed by atoms with van der Waals surface area (Å²) in [5.74, 6) is 1.39. The number of aliphatic imine (C=N–C) groups is 1. The summed E-state index contributed by atoms with van der Waals surface area (Å²) in [7, 11) is 2.04. The molecule has 4 aromatic carbocycles. The summed E-state index contributed by atoms with van der Waals surface area (Å²) in [6, 6.07) is 22.8. The Balaban J connectivity index is 1.08. The lowest BCUT2D eigenvalue weighted by Gasteiger charge is -2.45. The second-order valence-corrected chi connectivity index (χ2v) is 12.8. The van der Waals surface area contributed by atoms with Crippen LogP contribution in [-0.2, 0) is 24.4 Å². The highest BCUT2D eigenvalue weighted by atomic mass is 16.6. The largest absolute Gasteiger partial charge is 0.487 e. The van der Waals surface area contributed by atoms with Crippen molar-refractivity contribution in [2.45, 2.75) is 25.0 Å². The summed E-state index contributed by atoms with van der Waals surface area (Å²) >= 11 is 0. The molecule has 0 fully saturated rings. The first-order chi connectivity index (χ1) is 24.4. The van der Waals surface area contributed by atoms with E-state index >= 15 is 0 Å². The minimum absolute atomic E-state index is 0.257. The van der Waals surface area contributed by atoms with Crippen LogP contribution >= 0.6 is 0 Å². The van der Waals surface area contributed by atoms with E-state index in [0.717, 1.165) is 16.5 Å². The number of fused-ring (bicyclic) bond motifs is 5. The highest BCUT2D eigenvalue weighted by Gasteiger charge is 2.58. The number of para-hydroxylation sites is 1. The van der Waals surface area contributed by atoms with Crippen LogP contribution in [0.25, 0.3) is 10.8 Å². The Hall–Kier alpha value is -4.68. The van der Waals surface area contributed by atoms with E-state index in [0.29, 0.717) is 93.7 Å². The van der Waals surface area contributed by atoms with E-state index in [1.807, 2.05) is 43.6 Å². The van der Waals surface area contributed by atoms with Gasteiger partial charge in [0.2, 0.25) is 5.72 Å². The van der Waals surface area contributed by atoms with Gasteiger partial charge in [0.25, 0.3) is 0 Å². The highest BCUT2D eigenvalue weighted by molar-refractivity contribution is 6.01. The molecule has 50 heavy (non-hydrogen) atoms. The Morgan fingerprint density at radius 1 is 0.720 bits per heavy atom. The molecule has 0 amide bonds.